The first-order valence-electron chi connectivity index (χ1n) is 6.25. The zero-order valence-corrected chi connectivity index (χ0v) is 10.3. The molecule has 0 saturated carbocycles. The SMILES string of the molecule is Cn1nccc1CCNC(=O)[C@@H]1CCCCN1. The lowest BCUT2D eigenvalue weighted by Crippen LogP contribution is -2.47. The fourth-order valence-electron chi connectivity index (χ4n) is 2.16. The van der Waals surface area contributed by atoms with Crippen LogP contribution in [0.25, 0.3) is 0 Å². The minimum absolute atomic E-state index is 0.00953. The maximum Gasteiger partial charge on any atom is 0.237 e. The Balaban J connectivity index is 1.71. The number of nitrogens with zero attached hydrogens (tertiary/aromatic N) is 2. The fourth-order valence-corrected chi connectivity index (χ4v) is 2.16. The summed E-state index contributed by atoms with van der Waals surface area (Å²) in [5.74, 6) is 0.131. The molecule has 2 rings (SSSR count). The Morgan fingerprint density at radius 2 is 2.53 bits per heavy atom. The summed E-state index contributed by atoms with van der Waals surface area (Å²) in [5, 5.41) is 10.3. The van der Waals surface area contributed by atoms with Gasteiger partial charge in [0.05, 0.1) is 6.04 Å². The van der Waals surface area contributed by atoms with Crippen molar-refractivity contribution in [1.29, 1.82) is 0 Å². The van der Waals surface area contributed by atoms with Gasteiger partial charge in [0, 0.05) is 31.9 Å². The number of carbonyl (C=O) groups is 1. The van der Waals surface area contributed by atoms with Gasteiger partial charge >= 0.3 is 0 Å². The number of aromatic nitrogens is 2. The minimum Gasteiger partial charge on any atom is -0.354 e. The average Bonchev–Trinajstić information content (AvgIpc) is 2.76. The molecule has 2 heterocycles. The summed E-state index contributed by atoms with van der Waals surface area (Å²) in [7, 11) is 1.92. The van der Waals surface area contributed by atoms with Gasteiger partial charge in [0.15, 0.2) is 0 Å². The van der Waals surface area contributed by atoms with E-state index in [-0.39, 0.29) is 11.9 Å². The van der Waals surface area contributed by atoms with Gasteiger partial charge in [0.25, 0.3) is 0 Å². The normalized spacial score (nSPS) is 20.2. The van der Waals surface area contributed by atoms with Gasteiger partial charge < -0.3 is 10.6 Å². The third-order valence-electron chi connectivity index (χ3n) is 3.23. The Morgan fingerprint density at radius 3 is 3.18 bits per heavy atom. The van der Waals surface area contributed by atoms with Crippen molar-refractivity contribution in [2.24, 2.45) is 7.05 Å². The molecule has 0 aliphatic carbocycles. The van der Waals surface area contributed by atoms with Crippen LogP contribution in [0.5, 0.6) is 0 Å². The third-order valence-corrected chi connectivity index (χ3v) is 3.23. The van der Waals surface area contributed by atoms with E-state index < -0.39 is 0 Å². The van der Waals surface area contributed by atoms with Crippen molar-refractivity contribution in [1.82, 2.24) is 20.4 Å². The van der Waals surface area contributed by atoms with E-state index >= 15 is 0 Å². The number of nitrogens with one attached hydrogen (secondary N) is 2. The number of hydrogen-bond donors (Lipinski definition) is 2. The van der Waals surface area contributed by atoms with Crippen molar-refractivity contribution in [3.05, 3.63) is 18.0 Å². The van der Waals surface area contributed by atoms with Crippen molar-refractivity contribution in [2.75, 3.05) is 13.1 Å². The Hall–Kier alpha value is -1.36. The number of amides is 1. The van der Waals surface area contributed by atoms with Crippen molar-refractivity contribution in [3.8, 4) is 0 Å². The van der Waals surface area contributed by atoms with Gasteiger partial charge in [-0.2, -0.15) is 5.10 Å². The summed E-state index contributed by atoms with van der Waals surface area (Å²) >= 11 is 0. The molecule has 17 heavy (non-hydrogen) atoms. The lowest BCUT2D eigenvalue weighted by molar-refractivity contribution is -0.123. The fraction of sp³-hybridized carbons (Fsp3) is 0.667. The molecule has 1 fully saturated rings. The standard InChI is InChI=1S/C12H20N4O/c1-16-10(6-9-15-16)5-8-14-12(17)11-4-2-3-7-13-11/h6,9,11,13H,2-5,7-8H2,1H3,(H,14,17)/t11-/m0/s1. The monoisotopic (exact) mass is 236 g/mol. The largest absolute Gasteiger partial charge is 0.354 e. The smallest absolute Gasteiger partial charge is 0.237 e. The Labute approximate surface area is 102 Å². The zero-order chi connectivity index (χ0) is 12.1. The van der Waals surface area contributed by atoms with Gasteiger partial charge in [-0.1, -0.05) is 6.42 Å². The molecule has 0 bridgehead atoms. The molecule has 0 spiro atoms. The number of carbonyl (C=O) groups excluding carboxylic acids is 1. The maximum absolute atomic E-state index is 11.8. The van der Waals surface area contributed by atoms with E-state index in [1.54, 1.807) is 6.20 Å². The second-order valence-electron chi connectivity index (χ2n) is 4.49. The molecule has 94 valence electrons. The molecular formula is C12H20N4O. The van der Waals surface area contributed by atoms with Crippen molar-refractivity contribution in [2.45, 2.75) is 31.7 Å². The number of aryl methyl sites for hydroxylation is 1. The summed E-state index contributed by atoms with van der Waals surface area (Å²) in [6.45, 7) is 1.64. The lowest BCUT2D eigenvalue weighted by Gasteiger charge is -2.22. The molecular weight excluding hydrogens is 216 g/mol. The van der Waals surface area contributed by atoms with Crippen LogP contribution in [0.15, 0.2) is 12.3 Å². The summed E-state index contributed by atoms with van der Waals surface area (Å²) in [5.41, 5.74) is 1.14. The van der Waals surface area contributed by atoms with Crippen LogP contribution < -0.4 is 10.6 Å². The Morgan fingerprint density at radius 1 is 1.65 bits per heavy atom. The minimum atomic E-state index is 0.00953. The van der Waals surface area contributed by atoms with Crippen molar-refractivity contribution in [3.63, 3.8) is 0 Å². The molecule has 1 saturated heterocycles. The first-order valence-corrected chi connectivity index (χ1v) is 6.25. The van der Waals surface area contributed by atoms with Crippen LogP contribution in [-0.4, -0.2) is 34.8 Å². The molecule has 1 aromatic heterocycles. The maximum atomic E-state index is 11.8. The van der Waals surface area contributed by atoms with Gasteiger partial charge in [0.1, 0.15) is 0 Å². The number of piperidine rings is 1. The second-order valence-corrected chi connectivity index (χ2v) is 4.49. The topological polar surface area (TPSA) is 59.0 Å². The Kier molecular flexibility index (Phi) is 4.14. The van der Waals surface area contributed by atoms with Crippen LogP contribution in [0.4, 0.5) is 0 Å². The van der Waals surface area contributed by atoms with E-state index in [4.69, 9.17) is 0 Å². The van der Waals surface area contributed by atoms with Crippen LogP contribution in [0.3, 0.4) is 0 Å². The van der Waals surface area contributed by atoms with E-state index in [2.05, 4.69) is 15.7 Å². The first-order chi connectivity index (χ1) is 8.27. The molecule has 2 N–H and O–H groups in total. The molecule has 0 aromatic carbocycles. The third kappa shape index (κ3) is 3.30. The highest BCUT2D eigenvalue weighted by Crippen LogP contribution is 2.06. The van der Waals surface area contributed by atoms with Crippen LogP contribution in [0.1, 0.15) is 25.0 Å². The van der Waals surface area contributed by atoms with Crippen LogP contribution in [-0.2, 0) is 18.3 Å². The van der Waals surface area contributed by atoms with Gasteiger partial charge in [-0.3, -0.25) is 9.48 Å². The van der Waals surface area contributed by atoms with Crippen LogP contribution >= 0.6 is 0 Å². The average molecular weight is 236 g/mol. The molecule has 0 unspecified atom stereocenters. The molecule has 1 atom stereocenters. The Bertz CT molecular complexity index is 368. The molecule has 1 aliphatic rings. The van der Waals surface area contributed by atoms with Gasteiger partial charge in [-0.05, 0) is 25.5 Å². The zero-order valence-electron chi connectivity index (χ0n) is 10.3. The molecule has 5 heteroatoms. The predicted molar refractivity (Wildman–Crippen MR) is 65.6 cm³/mol. The van der Waals surface area contributed by atoms with Crippen LogP contribution in [0.2, 0.25) is 0 Å². The number of rotatable bonds is 4. The van der Waals surface area contributed by atoms with Gasteiger partial charge in [-0.15, -0.1) is 0 Å². The van der Waals surface area contributed by atoms with E-state index in [1.165, 1.54) is 6.42 Å². The van der Waals surface area contributed by atoms with Crippen LogP contribution in [0, 0.1) is 0 Å². The number of hydrogen-bond acceptors (Lipinski definition) is 3. The summed E-state index contributed by atoms with van der Waals surface area (Å²) < 4.78 is 1.84. The molecule has 1 aliphatic heterocycles. The van der Waals surface area contributed by atoms with Gasteiger partial charge in [0.2, 0.25) is 5.91 Å². The van der Waals surface area contributed by atoms with E-state index in [0.29, 0.717) is 6.54 Å². The summed E-state index contributed by atoms with van der Waals surface area (Å²) in [6.07, 6.45) is 5.89. The summed E-state index contributed by atoms with van der Waals surface area (Å²) in [4.78, 5) is 11.8. The molecule has 0 radical (unpaired) electrons. The predicted octanol–water partition coefficient (Wildman–Crippen LogP) is 0.221. The molecule has 1 aromatic rings. The van der Waals surface area contributed by atoms with Crippen molar-refractivity contribution < 1.29 is 4.79 Å². The lowest BCUT2D eigenvalue weighted by atomic mass is 10.0. The second kappa shape index (κ2) is 5.82. The first kappa shape index (κ1) is 12.1. The highest BCUT2D eigenvalue weighted by Gasteiger charge is 2.19. The highest BCUT2D eigenvalue weighted by molar-refractivity contribution is 5.81. The molecule has 5 nitrogen and oxygen atoms in total. The van der Waals surface area contributed by atoms with E-state index in [0.717, 1.165) is 31.5 Å². The van der Waals surface area contributed by atoms with E-state index in [1.807, 2.05) is 17.8 Å². The quantitative estimate of drug-likeness (QED) is 0.786. The highest BCUT2D eigenvalue weighted by atomic mass is 16.2. The van der Waals surface area contributed by atoms with Gasteiger partial charge in [-0.25, -0.2) is 0 Å². The summed E-state index contributed by atoms with van der Waals surface area (Å²) in [6, 6.07) is 1.99. The van der Waals surface area contributed by atoms with E-state index in [9.17, 15) is 4.79 Å². The van der Waals surface area contributed by atoms with Crippen molar-refractivity contribution >= 4 is 5.91 Å². The molecule has 1 amide bonds.